The lowest BCUT2D eigenvalue weighted by molar-refractivity contribution is -0.120. The second kappa shape index (κ2) is 7.15. The number of hydrogen-bond acceptors (Lipinski definition) is 3. The maximum atomic E-state index is 11.7. The summed E-state index contributed by atoms with van der Waals surface area (Å²) in [4.78, 5) is 33.7. The fourth-order valence-corrected chi connectivity index (χ4v) is 1.47. The standard InChI is InChI=1S/C13H16N2O4/c1-2-14-11(16)6-7-15-12(17)9-4-3-5-10(8-9)13(18)19/h3-5,8H,2,6-7H2,1H3,(H,14,16)(H,15,17)(H,18,19). The number of carbonyl (C=O) groups excluding carboxylic acids is 2. The fraction of sp³-hybridized carbons (Fsp3) is 0.308. The molecule has 0 aliphatic carbocycles. The topological polar surface area (TPSA) is 95.5 Å². The van der Waals surface area contributed by atoms with E-state index in [9.17, 15) is 14.4 Å². The average Bonchev–Trinajstić information content (AvgIpc) is 2.39. The van der Waals surface area contributed by atoms with E-state index in [1.165, 1.54) is 24.3 Å². The summed E-state index contributed by atoms with van der Waals surface area (Å²) in [7, 11) is 0. The molecule has 6 nitrogen and oxygen atoms in total. The lowest BCUT2D eigenvalue weighted by Crippen LogP contribution is -2.30. The van der Waals surface area contributed by atoms with E-state index in [0.717, 1.165) is 0 Å². The first kappa shape index (κ1) is 14.7. The predicted molar refractivity (Wildman–Crippen MR) is 69.0 cm³/mol. The van der Waals surface area contributed by atoms with E-state index < -0.39 is 11.9 Å². The van der Waals surface area contributed by atoms with Gasteiger partial charge in [0, 0.05) is 25.1 Å². The first-order chi connectivity index (χ1) is 9.04. The lowest BCUT2D eigenvalue weighted by atomic mass is 10.1. The van der Waals surface area contributed by atoms with Crippen molar-refractivity contribution < 1.29 is 19.5 Å². The summed E-state index contributed by atoms with van der Waals surface area (Å²) in [5.41, 5.74) is 0.312. The SMILES string of the molecule is CCNC(=O)CCNC(=O)c1cccc(C(=O)O)c1. The molecule has 1 aromatic carbocycles. The Kier molecular flexibility index (Phi) is 5.53. The molecule has 6 heteroatoms. The molecule has 0 aliphatic rings. The summed E-state index contributed by atoms with van der Waals surface area (Å²) < 4.78 is 0. The Morgan fingerprint density at radius 3 is 2.47 bits per heavy atom. The highest BCUT2D eigenvalue weighted by molar-refractivity contribution is 5.97. The third kappa shape index (κ3) is 4.79. The van der Waals surface area contributed by atoms with Crippen LogP contribution >= 0.6 is 0 Å². The molecular weight excluding hydrogens is 248 g/mol. The van der Waals surface area contributed by atoms with Gasteiger partial charge in [0.15, 0.2) is 0 Å². The normalized spacial score (nSPS) is 9.74. The third-order valence-electron chi connectivity index (χ3n) is 2.38. The van der Waals surface area contributed by atoms with Crippen LogP contribution in [0, 0.1) is 0 Å². The summed E-state index contributed by atoms with van der Waals surface area (Å²) >= 11 is 0. The molecular formula is C13H16N2O4. The number of aromatic carboxylic acids is 1. The number of carboxylic acid groups (broad SMARTS) is 1. The first-order valence-electron chi connectivity index (χ1n) is 5.93. The minimum absolute atomic E-state index is 0.0522. The molecule has 0 unspecified atom stereocenters. The van der Waals surface area contributed by atoms with E-state index in [4.69, 9.17) is 5.11 Å². The number of nitrogens with one attached hydrogen (secondary N) is 2. The second-order valence-electron chi connectivity index (χ2n) is 3.85. The molecule has 0 atom stereocenters. The molecule has 0 fully saturated rings. The van der Waals surface area contributed by atoms with Crippen LogP contribution in [-0.4, -0.2) is 36.0 Å². The van der Waals surface area contributed by atoms with Gasteiger partial charge in [-0.3, -0.25) is 9.59 Å². The number of carboxylic acids is 1. The van der Waals surface area contributed by atoms with Gasteiger partial charge in [0.2, 0.25) is 5.91 Å². The zero-order chi connectivity index (χ0) is 14.3. The number of hydrogen-bond donors (Lipinski definition) is 3. The molecule has 0 aromatic heterocycles. The first-order valence-corrected chi connectivity index (χ1v) is 5.93. The lowest BCUT2D eigenvalue weighted by Gasteiger charge is -2.06. The number of amides is 2. The monoisotopic (exact) mass is 264 g/mol. The van der Waals surface area contributed by atoms with Gasteiger partial charge in [-0.1, -0.05) is 6.07 Å². The highest BCUT2D eigenvalue weighted by Gasteiger charge is 2.09. The van der Waals surface area contributed by atoms with Crippen LogP contribution in [0.25, 0.3) is 0 Å². The van der Waals surface area contributed by atoms with E-state index in [2.05, 4.69) is 10.6 Å². The Bertz CT molecular complexity index is 485. The van der Waals surface area contributed by atoms with Crippen molar-refractivity contribution in [3.8, 4) is 0 Å². The molecule has 19 heavy (non-hydrogen) atoms. The predicted octanol–water partition coefficient (Wildman–Crippen LogP) is 0.641. The molecule has 0 heterocycles. The van der Waals surface area contributed by atoms with Crippen molar-refractivity contribution in [1.82, 2.24) is 10.6 Å². The molecule has 0 bridgehead atoms. The number of benzene rings is 1. The van der Waals surface area contributed by atoms with Crippen molar-refractivity contribution in [2.75, 3.05) is 13.1 Å². The minimum Gasteiger partial charge on any atom is -0.478 e. The summed E-state index contributed by atoms with van der Waals surface area (Å²) in [5, 5.41) is 14.0. The van der Waals surface area contributed by atoms with Gasteiger partial charge < -0.3 is 15.7 Å². The van der Waals surface area contributed by atoms with Crippen LogP contribution in [-0.2, 0) is 4.79 Å². The minimum atomic E-state index is -1.09. The Hall–Kier alpha value is -2.37. The smallest absolute Gasteiger partial charge is 0.335 e. The van der Waals surface area contributed by atoms with Gasteiger partial charge in [0.25, 0.3) is 5.91 Å². The van der Waals surface area contributed by atoms with Crippen LogP contribution in [0.5, 0.6) is 0 Å². The molecule has 0 spiro atoms. The largest absolute Gasteiger partial charge is 0.478 e. The van der Waals surface area contributed by atoms with E-state index in [-0.39, 0.29) is 30.0 Å². The Morgan fingerprint density at radius 1 is 1.16 bits per heavy atom. The molecule has 3 N–H and O–H groups in total. The summed E-state index contributed by atoms with van der Waals surface area (Å²) in [6.45, 7) is 2.57. The van der Waals surface area contributed by atoms with Crippen LogP contribution in [0.15, 0.2) is 24.3 Å². The number of carbonyl (C=O) groups is 3. The fourth-order valence-electron chi connectivity index (χ4n) is 1.47. The second-order valence-corrected chi connectivity index (χ2v) is 3.85. The highest BCUT2D eigenvalue weighted by Crippen LogP contribution is 2.05. The van der Waals surface area contributed by atoms with Crippen molar-refractivity contribution in [2.45, 2.75) is 13.3 Å². The van der Waals surface area contributed by atoms with Crippen molar-refractivity contribution in [3.05, 3.63) is 35.4 Å². The molecule has 1 aromatic rings. The van der Waals surface area contributed by atoms with Gasteiger partial charge in [-0.25, -0.2) is 4.79 Å². The van der Waals surface area contributed by atoms with E-state index in [1.807, 2.05) is 6.92 Å². The Balaban J connectivity index is 2.52. The molecule has 0 saturated heterocycles. The van der Waals surface area contributed by atoms with E-state index in [0.29, 0.717) is 6.54 Å². The van der Waals surface area contributed by atoms with Crippen LogP contribution < -0.4 is 10.6 Å². The third-order valence-corrected chi connectivity index (χ3v) is 2.38. The molecule has 0 saturated carbocycles. The zero-order valence-corrected chi connectivity index (χ0v) is 10.6. The van der Waals surface area contributed by atoms with Crippen molar-refractivity contribution in [1.29, 1.82) is 0 Å². The summed E-state index contributed by atoms with van der Waals surface area (Å²) in [6.07, 6.45) is 0.193. The van der Waals surface area contributed by atoms with Gasteiger partial charge >= 0.3 is 5.97 Å². The Labute approximate surface area is 110 Å². The average molecular weight is 264 g/mol. The quantitative estimate of drug-likeness (QED) is 0.702. The van der Waals surface area contributed by atoms with Crippen molar-refractivity contribution in [3.63, 3.8) is 0 Å². The Morgan fingerprint density at radius 2 is 1.84 bits per heavy atom. The van der Waals surface area contributed by atoms with Crippen LogP contribution in [0.1, 0.15) is 34.1 Å². The van der Waals surface area contributed by atoms with Crippen LogP contribution in [0.3, 0.4) is 0 Å². The van der Waals surface area contributed by atoms with Crippen molar-refractivity contribution >= 4 is 17.8 Å². The van der Waals surface area contributed by atoms with Crippen LogP contribution in [0.4, 0.5) is 0 Å². The number of rotatable bonds is 6. The van der Waals surface area contributed by atoms with E-state index in [1.54, 1.807) is 0 Å². The molecule has 1 rings (SSSR count). The highest BCUT2D eigenvalue weighted by atomic mass is 16.4. The summed E-state index contributed by atoms with van der Waals surface area (Å²) in [5.74, 6) is -1.62. The van der Waals surface area contributed by atoms with Crippen molar-refractivity contribution in [2.24, 2.45) is 0 Å². The van der Waals surface area contributed by atoms with Gasteiger partial charge in [-0.05, 0) is 25.1 Å². The van der Waals surface area contributed by atoms with E-state index >= 15 is 0 Å². The summed E-state index contributed by atoms with van der Waals surface area (Å²) in [6, 6.07) is 5.73. The van der Waals surface area contributed by atoms with Gasteiger partial charge in [0.1, 0.15) is 0 Å². The maximum Gasteiger partial charge on any atom is 0.335 e. The molecule has 0 radical (unpaired) electrons. The van der Waals surface area contributed by atoms with Crippen LogP contribution in [0.2, 0.25) is 0 Å². The van der Waals surface area contributed by atoms with Gasteiger partial charge in [-0.15, -0.1) is 0 Å². The maximum absolute atomic E-state index is 11.7. The molecule has 0 aliphatic heterocycles. The van der Waals surface area contributed by atoms with Gasteiger partial charge in [0.05, 0.1) is 5.56 Å². The molecule has 102 valence electrons. The molecule has 2 amide bonds. The zero-order valence-electron chi connectivity index (χ0n) is 10.6. The van der Waals surface area contributed by atoms with Gasteiger partial charge in [-0.2, -0.15) is 0 Å².